The first-order valence-corrected chi connectivity index (χ1v) is 5.90. The van der Waals surface area contributed by atoms with Crippen LogP contribution in [0.4, 0.5) is 0 Å². The number of aryl methyl sites for hydroxylation is 1. The van der Waals surface area contributed by atoms with Gasteiger partial charge in [-0.1, -0.05) is 0 Å². The minimum Gasteiger partial charge on any atom is -0.496 e. The summed E-state index contributed by atoms with van der Waals surface area (Å²) >= 11 is 1.62. The molecule has 0 saturated carbocycles. The molecule has 2 heterocycles. The Labute approximate surface area is 93.1 Å². The van der Waals surface area contributed by atoms with Crippen molar-refractivity contribution in [3.8, 4) is 0 Å². The van der Waals surface area contributed by atoms with Gasteiger partial charge in [0.25, 0.3) is 0 Å². The maximum atomic E-state index is 5.58. The number of nitrogens with two attached hydrogens (primary N) is 1. The quantitative estimate of drug-likeness (QED) is 0.606. The van der Waals surface area contributed by atoms with Gasteiger partial charge in [0.05, 0.1) is 17.3 Å². The Morgan fingerprint density at radius 1 is 1.67 bits per heavy atom. The molecule has 1 aliphatic heterocycles. The van der Waals surface area contributed by atoms with Crippen LogP contribution in [0.2, 0.25) is 0 Å². The largest absolute Gasteiger partial charge is 0.496 e. The average molecular weight is 225 g/mol. The van der Waals surface area contributed by atoms with E-state index in [0.717, 1.165) is 35.9 Å². The summed E-state index contributed by atoms with van der Waals surface area (Å²) < 4.78 is 5.58. The van der Waals surface area contributed by atoms with Gasteiger partial charge in [0.1, 0.15) is 11.8 Å². The molecular formula is C10H15N3OS. The Balaban J connectivity index is 2.19. The van der Waals surface area contributed by atoms with Gasteiger partial charge >= 0.3 is 0 Å². The van der Waals surface area contributed by atoms with Crippen molar-refractivity contribution in [2.75, 3.05) is 6.61 Å². The Bertz CT molecular complexity index is 361. The second-order valence-electron chi connectivity index (χ2n) is 3.49. The summed E-state index contributed by atoms with van der Waals surface area (Å²) in [4.78, 5) is 4.41. The van der Waals surface area contributed by atoms with Crippen LogP contribution in [0, 0.1) is 6.92 Å². The Kier molecular flexibility index (Phi) is 3.35. The van der Waals surface area contributed by atoms with Gasteiger partial charge in [-0.2, -0.15) is 0 Å². The predicted molar refractivity (Wildman–Crippen MR) is 60.2 cm³/mol. The van der Waals surface area contributed by atoms with Gasteiger partial charge in [0, 0.05) is 5.38 Å². The molecule has 3 N–H and O–H groups in total. The zero-order chi connectivity index (χ0) is 10.7. The molecule has 1 aromatic heterocycles. The molecule has 0 bridgehead atoms. The first kappa shape index (κ1) is 10.6. The molecule has 1 aliphatic rings. The molecular weight excluding hydrogens is 210 g/mol. The van der Waals surface area contributed by atoms with Gasteiger partial charge in [-0.15, -0.1) is 11.3 Å². The molecule has 1 atom stereocenters. The number of hydrogen-bond acceptors (Lipinski definition) is 5. The molecule has 15 heavy (non-hydrogen) atoms. The maximum absolute atomic E-state index is 5.58. The highest BCUT2D eigenvalue weighted by Gasteiger charge is 2.20. The molecule has 0 saturated heterocycles. The van der Waals surface area contributed by atoms with Gasteiger partial charge < -0.3 is 4.74 Å². The van der Waals surface area contributed by atoms with Gasteiger partial charge in [0.15, 0.2) is 0 Å². The lowest BCUT2D eigenvalue weighted by molar-refractivity contribution is 0.167. The fourth-order valence-electron chi connectivity index (χ4n) is 1.60. The Hall–Kier alpha value is -0.910. The van der Waals surface area contributed by atoms with E-state index in [2.05, 4.69) is 16.5 Å². The number of hydrazine groups is 1. The van der Waals surface area contributed by atoms with Crippen LogP contribution < -0.4 is 11.3 Å². The zero-order valence-electron chi connectivity index (χ0n) is 8.69. The fourth-order valence-corrected chi connectivity index (χ4v) is 2.24. The first-order chi connectivity index (χ1) is 7.31. The number of rotatable bonds is 3. The van der Waals surface area contributed by atoms with Crippen molar-refractivity contribution < 1.29 is 4.74 Å². The van der Waals surface area contributed by atoms with Crippen molar-refractivity contribution in [2.45, 2.75) is 25.8 Å². The number of ether oxygens (including phenoxy) is 1. The average Bonchev–Trinajstić information content (AvgIpc) is 2.68. The normalized spacial score (nSPS) is 18.1. The molecule has 0 aromatic carbocycles. The second-order valence-corrected chi connectivity index (χ2v) is 4.55. The molecule has 82 valence electrons. The predicted octanol–water partition coefficient (Wildman–Crippen LogP) is 1.65. The molecule has 1 aromatic rings. The molecule has 2 rings (SSSR count). The molecule has 0 spiro atoms. The Morgan fingerprint density at radius 3 is 3.07 bits per heavy atom. The zero-order valence-corrected chi connectivity index (χ0v) is 9.51. The summed E-state index contributed by atoms with van der Waals surface area (Å²) in [6, 6.07) is -0.102. The summed E-state index contributed by atoms with van der Waals surface area (Å²) in [6.45, 7) is 2.75. The molecule has 1 unspecified atom stereocenters. The highest BCUT2D eigenvalue weighted by atomic mass is 32.1. The van der Waals surface area contributed by atoms with Crippen molar-refractivity contribution in [3.05, 3.63) is 27.9 Å². The van der Waals surface area contributed by atoms with Gasteiger partial charge in [0.2, 0.25) is 0 Å². The summed E-state index contributed by atoms with van der Waals surface area (Å²) in [5.41, 5.74) is 3.69. The number of nitrogens with one attached hydrogen (secondary N) is 1. The molecule has 0 radical (unpaired) electrons. The van der Waals surface area contributed by atoms with Crippen LogP contribution >= 0.6 is 11.3 Å². The van der Waals surface area contributed by atoms with Crippen LogP contribution in [-0.2, 0) is 4.74 Å². The smallest absolute Gasteiger partial charge is 0.121 e. The van der Waals surface area contributed by atoms with E-state index >= 15 is 0 Å². The van der Waals surface area contributed by atoms with E-state index in [1.807, 2.05) is 12.3 Å². The van der Waals surface area contributed by atoms with E-state index in [9.17, 15) is 0 Å². The van der Waals surface area contributed by atoms with Crippen LogP contribution in [0.15, 0.2) is 17.2 Å². The lowest BCUT2D eigenvalue weighted by Crippen LogP contribution is -2.31. The molecule has 0 aliphatic carbocycles. The van der Waals surface area contributed by atoms with Crippen LogP contribution in [0.1, 0.15) is 29.6 Å². The minimum absolute atomic E-state index is 0.102. The molecule has 4 nitrogen and oxygen atoms in total. The monoisotopic (exact) mass is 225 g/mol. The third-order valence-electron chi connectivity index (χ3n) is 2.35. The lowest BCUT2D eigenvalue weighted by Gasteiger charge is -2.21. The number of nitrogens with zero attached hydrogens (tertiary/aromatic N) is 1. The third kappa shape index (κ3) is 2.37. The first-order valence-electron chi connectivity index (χ1n) is 5.02. The Morgan fingerprint density at radius 2 is 2.53 bits per heavy atom. The summed E-state index contributed by atoms with van der Waals surface area (Å²) in [5, 5.41) is 3.06. The van der Waals surface area contributed by atoms with E-state index < -0.39 is 0 Å². The van der Waals surface area contributed by atoms with E-state index in [4.69, 9.17) is 10.6 Å². The molecule has 0 fully saturated rings. The van der Waals surface area contributed by atoms with Crippen molar-refractivity contribution >= 4 is 11.3 Å². The highest BCUT2D eigenvalue weighted by Crippen LogP contribution is 2.26. The molecule has 5 heteroatoms. The number of aromatic nitrogens is 1. The van der Waals surface area contributed by atoms with Crippen molar-refractivity contribution in [1.29, 1.82) is 0 Å². The van der Waals surface area contributed by atoms with E-state index in [0.29, 0.717) is 0 Å². The minimum atomic E-state index is -0.102. The van der Waals surface area contributed by atoms with Gasteiger partial charge in [-0.25, -0.2) is 10.4 Å². The van der Waals surface area contributed by atoms with Crippen LogP contribution in [-0.4, -0.2) is 11.6 Å². The second kappa shape index (κ2) is 4.74. The number of allylic oxidation sites excluding steroid dienone is 1. The summed E-state index contributed by atoms with van der Waals surface area (Å²) in [5.74, 6) is 6.44. The van der Waals surface area contributed by atoms with Gasteiger partial charge in [-0.3, -0.25) is 5.84 Å². The lowest BCUT2D eigenvalue weighted by atomic mass is 10.1. The van der Waals surface area contributed by atoms with Crippen LogP contribution in [0.25, 0.3) is 0 Å². The third-order valence-corrected chi connectivity index (χ3v) is 3.14. The van der Waals surface area contributed by atoms with E-state index in [1.54, 1.807) is 11.3 Å². The number of thiazole rings is 1. The molecule has 0 amide bonds. The van der Waals surface area contributed by atoms with Crippen LogP contribution in [0.5, 0.6) is 0 Å². The van der Waals surface area contributed by atoms with Gasteiger partial charge in [-0.05, 0) is 25.8 Å². The SMILES string of the molecule is Cc1nc(C(NN)C2=CCCCO2)cs1. The van der Waals surface area contributed by atoms with Crippen molar-refractivity contribution in [1.82, 2.24) is 10.4 Å². The fraction of sp³-hybridized carbons (Fsp3) is 0.500. The summed E-state index contributed by atoms with van der Waals surface area (Å²) in [6.07, 6.45) is 4.22. The topological polar surface area (TPSA) is 60.2 Å². The van der Waals surface area contributed by atoms with Crippen LogP contribution in [0.3, 0.4) is 0 Å². The van der Waals surface area contributed by atoms with E-state index in [-0.39, 0.29) is 6.04 Å². The summed E-state index contributed by atoms with van der Waals surface area (Å²) in [7, 11) is 0. The maximum Gasteiger partial charge on any atom is 0.121 e. The number of hydrogen-bond donors (Lipinski definition) is 2. The van der Waals surface area contributed by atoms with Crippen molar-refractivity contribution in [3.63, 3.8) is 0 Å². The van der Waals surface area contributed by atoms with Crippen molar-refractivity contribution in [2.24, 2.45) is 5.84 Å². The van der Waals surface area contributed by atoms with E-state index in [1.165, 1.54) is 0 Å². The standard InChI is InChI=1S/C10H15N3OS/c1-7-12-8(6-15-7)10(13-11)9-4-2-3-5-14-9/h4,6,10,13H,2-3,5,11H2,1H3. The highest BCUT2D eigenvalue weighted by molar-refractivity contribution is 7.09.